The number of aryl methyl sites for hydroxylation is 2. The second-order valence-corrected chi connectivity index (χ2v) is 25.4. The normalized spacial score (nSPS) is 12.3. The number of benzene rings is 2. The van der Waals surface area contributed by atoms with Crippen LogP contribution in [0.5, 0.6) is 0 Å². The predicted octanol–water partition coefficient (Wildman–Crippen LogP) is 3.04. The van der Waals surface area contributed by atoms with Gasteiger partial charge in [0.1, 0.15) is 0 Å². The van der Waals surface area contributed by atoms with Crippen LogP contribution in [0.25, 0.3) is 10.9 Å². The number of anilines is 1. The Labute approximate surface area is 197 Å². The molecule has 0 radical (unpaired) electrons. The molecule has 0 saturated heterocycles. The second-order valence-electron chi connectivity index (χ2n) is 9.17. The van der Waals surface area contributed by atoms with Crippen LogP contribution in [0.1, 0.15) is 11.3 Å². The number of aromatic nitrogens is 4. The molecule has 0 saturated carbocycles. The summed E-state index contributed by atoms with van der Waals surface area (Å²) < 4.78 is 30.4. The van der Waals surface area contributed by atoms with Crippen molar-refractivity contribution in [3.05, 3.63) is 66.1 Å². The average Bonchev–Trinajstić information content (AvgIpc) is 3.31. The third-order valence-corrected chi connectivity index (χ3v) is 12.9. The maximum absolute atomic E-state index is 13.3. The van der Waals surface area contributed by atoms with Crippen molar-refractivity contribution < 1.29 is 13.2 Å². The first-order valence-electron chi connectivity index (χ1n) is 10.6. The number of amides is 1. The number of rotatable bonds is 6. The van der Waals surface area contributed by atoms with Crippen LogP contribution in [0.3, 0.4) is 0 Å². The molecule has 0 aliphatic carbocycles. The molecule has 172 valence electrons. The molecule has 0 aliphatic heterocycles. The van der Waals surface area contributed by atoms with Gasteiger partial charge in [-0.05, 0) is 0 Å². The fourth-order valence-corrected chi connectivity index (χ4v) is 8.25. The van der Waals surface area contributed by atoms with Crippen LogP contribution in [0, 0.1) is 6.92 Å². The van der Waals surface area contributed by atoms with Crippen LogP contribution < -0.4 is 8.90 Å². The van der Waals surface area contributed by atoms with Gasteiger partial charge in [-0.3, -0.25) is 0 Å². The zero-order valence-corrected chi connectivity index (χ0v) is 23.0. The molecular formula is C23H27N5O3SSn. The van der Waals surface area contributed by atoms with E-state index in [2.05, 4.69) is 30.3 Å². The molecule has 4 rings (SSSR count). The Balaban J connectivity index is 1.80. The molecule has 1 amide bonds. The molecular weight excluding hydrogens is 545 g/mol. The Bertz CT molecular complexity index is 1450. The molecule has 0 spiro atoms. The van der Waals surface area contributed by atoms with E-state index in [-0.39, 0.29) is 17.2 Å². The summed E-state index contributed by atoms with van der Waals surface area (Å²) in [7, 11) is -2.06. The Kier molecular flexibility index (Phi) is 6.12. The van der Waals surface area contributed by atoms with Crippen molar-refractivity contribution in [3.63, 3.8) is 0 Å². The molecule has 2 aromatic carbocycles. The fourth-order valence-electron chi connectivity index (χ4n) is 3.70. The van der Waals surface area contributed by atoms with Crippen molar-refractivity contribution in [2.75, 3.05) is 5.32 Å². The van der Waals surface area contributed by atoms with E-state index in [1.54, 1.807) is 35.0 Å². The van der Waals surface area contributed by atoms with Gasteiger partial charge in [0, 0.05) is 0 Å². The third kappa shape index (κ3) is 4.70. The molecule has 0 bridgehead atoms. The summed E-state index contributed by atoms with van der Waals surface area (Å²) in [6.07, 6.45) is 3.50. The quantitative estimate of drug-likeness (QED) is 0.359. The van der Waals surface area contributed by atoms with E-state index in [4.69, 9.17) is 0 Å². The summed E-state index contributed by atoms with van der Waals surface area (Å²) in [4.78, 5) is 19.8. The molecule has 0 atom stereocenters. The minimum absolute atomic E-state index is 0.133. The van der Waals surface area contributed by atoms with Crippen molar-refractivity contribution in [1.82, 2.24) is 19.0 Å². The molecule has 0 fully saturated rings. The fraction of sp³-hybridized carbons (Fsp3) is 0.261. The van der Waals surface area contributed by atoms with Crippen LogP contribution >= 0.6 is 0 Å². The summed E-state index contributed by atoms with van der Waals surface area (Å²) in [6, 6.07) is 12.1. The first kappa shape index (κ1) is 23.5. The number of hydrogen-bond acceptors (Lipinski definition) is 5. The van der Waals surface area contributed by atoms with Crippen LogP contribution in [0.15, 0.2) is 59.8 Å². The van der Waals surface area contributed by atoms with E-state index in [9.17, 15) is 13.2 Å². The number of carbonyl (C=O) groups excluding carboxylic acids is 1. The predicted molar refractivity (Wildman–Crippen MR) is 132 cm³/mol. The zero-order valence-electron chi connectivity index (χ0n) is 19.3. The molecule has 33 heavy (non-hydrogen) atoms. The van der Waals surface area contributed by atoms with Crippen LogP contribution in [-0.4, -0.2) is 51.7 Å². The number of nitrogens with one attached hydrogen (secondary N) is 1. The van der Waals surface area contributed by atoms with Crippen molar-refractivity contribution in [1.29, 1.82) is 0 Å². The Hall–Kier alpha value is -2.66. The number of nitrogens with zero attached hydrogens (tertiary/aromatic N) is 4. The van der Waals surface area contributed by atoms with Gasteiger partial charge in [0.25, 0.3) is 0 Å². The van der Waals surface area contributed by atoms with E-state index in [1.165, 1.54) is 6.20 Å². The average molecular weight is 572 g/mol. The first-order valence-corrected chi connectivity index (χ1v) is 22.0. The zero-order chi connectivity index (χ0) is 24.0. The first-order chi connectivity index (χ1) is 15.5. The van der Waals surface area contributed by atoms with Gasteiger partial charge in [0.2, 0.25) is 0 Å². The minimum atomic E-state index is -3.88. The molecule has 4 aromatic rings. The van der Waals surface area contributed by atoms with E-state index in [1.807, 2.05) is 32.3 Å². The Morgan fingerprint density at radius 3 is 2.42 bits per heavy atom. The van der Waals surface area contributed by atoms with Gasteiger partial charge in [0.15, 0.2) is 0 Å². The number of carbonyl (C=O) groups is 1. The molecule has 10 heteroatoms. The van der Waals surface area contributed by atoms with Crippen LogP contribution in [-0.2, 0) is 28.3 Å². The van der Waals surface area contributed by atoms with E-state index < -0.39 is 28.4 Å². The molecule has 0 unspecified atom stereocenters. The summed E-state index contributed by atoms with van der Waals surface area (Å²) in [5, 5.41) is 12.1. The van der Waals surface area contributed by atoms with E-state index >= 15 is 0 Å². The van der Waals surface area contributed by atoms with Gasteiger partial charge < -0.3 is 0 Å². The van der Waals surface area contributed by atoms with Crippen LogP contribution in [0.4, 0.5) is 5.69 Å². The van der Waals surface area contributed by atoms with Gasteiger partial charge in [-0.1, -0.05) is 0 Å². The number of hydrogen-bond donors (Lipinski definition) is 1. The van der Waals surface area contributed by atoms with E-state index in [0.717, 1.165) is 13.2 Å². The summed E-state index contributed by atoms with van der Waals surface area (Å²) in [5.74, 6) is -0.210. The van der Waals surface area contributed by atoms with Gasteiger partial charge in [0.05, 0.1) is 0 Å². The molecule has 8 nitrogen and oxygen atoms in total. The summed E-state index contributed by atoms with van der Waals surface area (Å²) in [6.45, 7) is 1.92. The van der Waals surface area contributed by atoms with Gasteiger partial charge in [-0.15, -0.1) is 0 Å². The Morgan fingerprint density at radius 2 is 1.82 bits per heavy atom. The van der Waals surface area contributed by atoms with Crippen molar-refractivity contribution in [3.8, 4) is 0 Å². The maximum atomic E-state index is 13.3. The molecule has 0 aliphatic rings. The summed E-state index contributed by atoms with van der Waals surface area (Å²) in [5.41, 5.74) is 2.69. The van der Waals surface area contributed by atoms with Crippen molar-refractivity contribution in [2.24, 2.45) is 7.05 Å². The third-order valence-electron chi connectivity index (χ3n) is 5.51. The standard InChI is InChI=1S/C20H18N5O3S.3CH3.Sn/c1-14-13-24(2)23-18(14)11-20(26)22-17-9-6-10-19-16(17)12-21-25(19)29(27,28)15-7-4-3-5-8-15;;;;/h3-5,7-10,12-13H,11H2,1-2H3,(H,22,26);3*1H3;. The molecule has 2 heterocycles. The van der Waals surface area contributed by atoms with Crippen LogP contribution in [0.2, 0.25) is 14.8 Å². The topological polar surface area (TPSA) is 98.9 Å². The monoisotopic (exact) mass is 573 g/mol. The van der Waals surface area contributed by atoms with Gasteiger partial charge in [-0.25, -0.2) is 0 Å². The van der Waals surface area contributed by atoms with Gasteiger partial charge >= 0.3 is 198 Å². The van der Waals surface area contributed by atoms with Gasteiger partial charge in [-0.2, -0.15) is 0 Å². The second kappa shape index (κ2) is 8.60. The summed E-state index contributed by atoms with van der Waals surface area (Å²) >= 11 is -2.65. The van der Waals surface area contributed by atoms with Crippen molar-refractivity contribution >= 4 is 54.5 Å². The Morgan fingerprint density at radius 1 is 1.12 bits per heavy atom. The molecule has 1 N–H and O–H groups in total. The van der Waals surface area contributed by atoms with Crippen molar-refractivity contribution in [2.45, 2.75) is 33.1 Å². The molecule has 2 aromatic heterocycles. The number of fused-ring (bicyclic) bond motifs is 1. The van der Waals surface area contributed by atoms with E-state index in [0.29, 0.717) is 22.3 Å². The SMILES string of the molecule is Cc1cn(C)nc1CC(=O)Nc1c[c]([Sn]([CH3])([CH3])[CH3])cc2c1cnn2S(=O)(=O)c1ccccc1.